The normalized spacial score (nSPS) is 17.6. The fourth-order valence-corrected chi connectivity index (χ4v) is 3.02. The lowest BCUT2D eigenvalue weighted by Crippen LogP contribution is -2.32. The van der Waals surface area contributed by atoms with E-state index in [1.165, 1.54) is 10.7 Å². The van der Waals surface area contributed by atoms with Crippen molar-refractivity contribution in [2.75, 3.05) is 43.0 Å². The molecule has 20 heavy (non-hydrogen) atoms. The Morgan fingerprint density at radius 2 is 2.20 bits per heavy atom. The Bertz CT molecular complexity index is 638. The van der Waals surface area contributed by atoms with Gasteiger partial charge in [0.25, 0.3) is 0 Å². The molecule has 0 aromatic carbocycles. The molecule has 0 spiro atoms. The van der Waals surface area contributed by atoms with Crippen LogP contribution in [0.1, 0.15) is 6.42 Å². The quantitative estimate of drug-likeness (QED) is 0.815. The predicted molar refractivity (Wildman–Crippen MR) is 80.7 cm³/mol. The summed E-state index contributed by atoms with van der Waals surface area (Å²) in [5.74, 6) is 0.886. The first-order valence-corrected chi connectivity index (χ1v) is 7.86. The largest absolute Gasteiger partial charge is 0.355 e. The number of H-pyrrole nitrogens is 1. The van der Waals surface area contributed by atoms with Crippen molar-refractivity contribution < 1.29 is 0 Å². The van der Waals surface area contributed by atoms with Gasteiger partial charge in [-0.15, -0.1) is 0 Å². The second kappa shape index (κ2) is 5.92. The first kappa shape index (κ1) is 13.6. The molecular weight excluding hydrogens is 324 g/mol. The van der Waals surface area contributed by atoms with E-state index in [-0.39, 0.29) is 5.69 Å². The third-order valence-electron chi connectivity index (χ3n) is 3.61. The summed E-state index contributed by atoms with van der Waals surface area (Å²) in [5, 5.41) is 7.42. The lowest BCUT2D eigenvalue weighted by Gasteiger charge is -2.22. The maximum absolute atomic E-state index is 11.4. The fourth-order valence-electron chi connectivity index (χ4n) is 2.52. The molecule has 1 saturated heterocycles. The van der Waals surface area contributed by atoms with Crippen molar-refractivity contribution in [3.8, 4) is 0 Å². The van der Waals surface area contributed by atoms with Gasteiger partial charge in [0.15, 0.2) is 5.65 Å². The van der Waals surface area contributed by atoms with E-state index < -0.39 is 0 Å². The third kappa shape index (κ3) is 2.71. The SMILES string of the molecule is O=c1[nH]nc2cc(N3CCCN(CCBr)CC3)ncn12. The van der Waals surface area contributed by atoms with Gasteiger partial charge in [0.05, 0.1) is 0 Å². The highest BCUT2D eigenvalue weighted by molar-refractivity contribution is 9.09. The molecule has 3 heterocycles. The standard InChI is InChI=1S/C12H17BrN6O/c13-2-5-17-3-1-4-18(7-6-17)10-8-11-15-16-12(20)19(11)9-14-10/h8-9H,1-7H2,(H,16,20). The van der Waals surface area contributed by atoms with Crippen LogP contribution in [0.25, 0.3) is 5.65 Å². The Hall–Kier alpha value is -1.41. The summed E-state index contributed by atoms with van der Waals surface area (Å²) in [7, 11) is 0. The molecule has 0 unspecified atom stereocenters. The molecule has 8 heteroatoms. The van der Waals surface area contributed by atoms with Crippen LogP contribution >= 0.6 is 15.9 Å². The fraction of sp³-hybridized carbons (Fsp3) is 0.583. The summed E-state index contributed by atoms with van der Waals surface area (Å²) in [5.41, 5.74) is 0.361. The van der Waals surface area contributed by atoms with Gasteiger partial charge in [-0.2, -0.15) is 5.10 Å². The Morgan fingerprint density at radius 3 is 3.05 bits per heavy atom. The van der Waals surface area contributed by atoms with Crippen LogP contribution in [-0.4, -0.2) is 62.5 Å². The van der Waals surface area contributed by atoms with Crippen molar-refractivity contribution in [2.45, 2.75) is 6.42 Å². The first-order valence-electron chi connectivity index (χ1n) is 6.74. The van der Waals surface area contributed by atoms with Crippen molar-refractivity contribution >= 4 is 27.4 Å². The van der Waals surface area contributed by atoms with Crippen LogP contribution in [0.2, 0.25) is 0 Å². The average Bonchev–Trinajstić information content (AvgIpc) is 2.69. The van der Waals surface area contributed by atoms with Crippen molar-refractivity contribution in [3.63, 3.8) is 0 Å². The molecule has 2 aromatic heterocycles. The lowest BCUT2D eigenvalue weighted by molar-refractivity contribution is 0.313. The molecule has 7 nitrogen and oxygen atoms in total. The lowest BCUT2D eigenvalue weighted by atomic mass is 10.3. The van der Waals surface area contributed by atoms with E-state index in [0.29, 0.717) is 5.65 Å². The zero-order valence-corrected chi connectivity index (χ0v) is 12.7. The molecule has 0 bridgehead atoms. The molecule has 1 aliphatic rings. The minimum atomic E-state index is -0.251. The first-order chi connectivity index (χ1) is 9.78. The number of aromatic amines is 1. The molecule has 1 aliphatic heterocycles. The zero-order chi connectivity index (χ0) is 13.9. The maximum Gasteiger partial charge on any atom is 0.348 e. The van der Waals surface area contributed by atoms with Gasteiger partial charge in [0.2, 0.25) is 0 Å². The number of nitrogens with one attached hydrogen (secondary N) is 1. The van der Waals surface area contributed by atoms with E-state index in [0.717, 1.165) is 50.3 Å². The number of rotatable bonds is 3. The molecule has 1 N–H and O–H groups in total. The van der Waals surface area contributed by atoms with Gasteiger partial charge >= 0.3 is 5.69 Å². The van der Waals surface area contributed by atoms with Crippen LogP contribution in [0.15, 0.2) is 17.2 Å². The zero-order valence-electron chi connectivity index (χ0n) is 11.1. The molecule has 108 valence electrons. The van der Waals surface area contributed by atoms with Gasteiger partial charge < -0.3 is 9.80 Å². The highest BCUT2D eigenvalue weighted by Gasteiger charge is 2.16. The summed E-state index contributed by atoms with van der Waals surface area (Å²) < 4.78 is 1.42. The minimum Gasteiger partial charge on any atom is -0.355 e. The summed E-state index contributed by atoms with van der Waals surface area (Å²) in [6.07, 6.45) is 2.66. The Labute approximate surface area is 124 Å². The van der Waals surface area contributed by atoms with Crippen molar-refractivity contribution in [3.05, 3.63) is 22.9 Å². The predicted octanol–water partition coefficient (Wildman–Crippen LogP) is 0.325. The molecule has 0 aliphatic carbocycles. The second-order valence-corrected chi connectivity index (χ2v) is 5.67. The van der Waals surface area contributed by atoms with Crippen LogP contribution < -0.4 is 10.6 Å². The summed E-state index contributed by atoms with van der Waals surface area (Å²) >= 11 is 3.49. The third-order valence-corrected chi connectivity index (χ3v) is 3.96. The van der Waals surface area contributed by atoms with E-state index in [2.05, 4.69) is 40.9 Å². The monoisotopic (exact) mass is 340 g/mol. The van der Waals surface area contributed by atoms with Gasteiger partial charge in [0.1, 0.15) is 12.1 Å². The van der Waals surface area contributed by atoms with Gasteiger partial charge in [-0.25, -0.2) is 19.3 Å². The number of aromatic nitrogens is 4. The number of nitrogens with zero attached hydrogens (tertiary/aromatic N) is 5. The van der Waals surface area contributed by atoms with Gasteiger partial charge in [-0.3, -0.25) is 0 Å². The number of halogens is 1. The molecule has 0 saturated carbocycles. The Morgan fingerprint density at radius 1 is 1.30 bits per heavy atom. The van der Waals surface area contributed by atoms with E-state index in [1.54, 1.807) is 0 Å². The Kier molecular flexibility index (Phi) is 4.02. The number of hydrogen-bond acceptors (Lipinski definition) is 5. The van der Waals surface area contributed by atoms with Crippen molar-refractivity contribution in [1.29, 1.82) is 0 Å². The molecule has 0 radical (unpaired) electrons. The molecule has 0 amide bonds. The van der Waals surface area contributed by atoms with Gasteiger partial charge in [0, 0.05) is 37.6 Å². The molecule has 3 rings (SSSR count). The van der Waals surface area contributed by atoms with Crippen LogP contribution in [0.4, 0.5) is 5.82 Å². The number of anilines is 1. The number of alkyl halides is 1. The summed E-state index contributed by atoms with van der Waals surface area (Å²) in [6, 6.07) is 1.86. The summed E-state index contributed by atoms with van der Waals surface area (Å²) in [4.78, 5) is 20.5. The van der Waals surface area contributed by atoms with E-state index in [9.17, 15) is 4.79 Å². The summed E-state index contributed by atoms with van der Waals surface area (Å²) in [6.45, 7) is 5.16. The number of hydrogen-bond donors (Lipinski definition) is 1. The van der Waals surface area contributed by atoms with E-state index in [1.807, 2.05) is 6.07 Å². The highest BCUT2D eigenvalue weighted by atomic mass is 79.9. The minimum absolute atomic E-state index is 0.251. The Balaban J connectivity index is 1.78. The topological polar surface area (TPSA) is 69.5 Å². The molecule has 2 aromatic rings. The highest BCUT2D eigenvalue weighted by Crippen LogP contribution is 2.14. The van der Waals surface area contributed by atoms with Gasteiger partial charge in [-0.1, -0.05) is 15.9 Å². The average molecular weight is 341 g/mol. The van der Waals surface area contributed by atoms with Crippen LogP contribution in [0, 0.1) is 0 Å². The van der Waals surface area contributed by atoms with Crippen molar-refractivity contribution in [1.82, 2.24) is 24.5 Å². The van der Waals surface area contributed by atoms with E-state index >= 15 is 0 Å². The molecule has 1 fully saturated rings. The smallest absolute Gasteiger partial charge is 0.348 e. The second-order valence-electron chi connectivity index (χ2n) is 4.88. The maximum atomic E-state index is 11.4. The van der Waals surface area contributed by atoms with Gasteiger partial charge in [-0.05, 0) is 13.0 Å². The van der Waals surface area contributed by atoms with E-state index in [4.69, 9.17) is 0 Å². The molecular formula is C12H17BrN6O. The van der Waals surface area contributed by atoms with Crippen LogP contribution in [0.3, 0.4) is 0 Å². The number of fused-ring (bicyclic) bond motifs is 1. The van der Waals surface area contributed by atoms with Crippen LogP contribution in [-0.2, 0) is 0 Å². The van der Waals surface area contributed by atoms with Crippen molar-refractivity contribution in [2.24, 2.45) is 0 Å². The van der Waals surface area contributed by atoms with Crippen LogP contribution in [0.5, 0.6) is 0 Å². The molecule has 0 atom stereocenters.